The molecule has 0 radical (unpaired) electrons. The number of hydrogen-bond acceptors (Lipinski definition) is 5. The minimum Gasteiger partial charge on any atom is -0.264 e. The molecule has 2 aromatic heterocycles. The van der Waals surface area contributed by atoms with Crippen molar-refractivity contribution in [3.8, 4) is 0 Å². The van der Waals surface area contributed by atoms with Gasteiger partial charge in [0.15, 0.2) is 5.84 Å². The number of thiophene rings is 1. The van der Waals surface area contributed by atoms with Crippen molar-refractivity contribution in [1.29, 1.82) is 0 Å². The number of amidine groups is 1. The first-order valence-electron chi connectivity index (χ1n) is 6.98. The molecule has 4 rings (SSSR count). The molecule has 0 atom stereocenters. The number of nitrogens with zero attached hydrogens (tertiary/aromatic N) is 3. The van der Waals surface area contributed by atoms with Gasteiger partial charge in [0, 0.05) is 23.5 Å². The Balaban J connectivity index is 1.90. The molecule has 0 spiro atoms. The molecule has 0 amide bonds. The molecule has 4 nitrogen and oxygen atoms in total. The summed E-state index contributed by atoms with van der Waals surface area (Å²) in [7, 11) is 0. The number of hydrazone groups is 1. The molecule has 1 N–H and O–H groups in total. The summed E-state index contributed by atoms with van der Waals surface area (Å²) in [5, 5.41) is 6.42. The van der Waals surface area contributed by atoms with E-state index in [9.17, 15) is 4.39 Å². The lowest BCUT2D eigenvalue weighted by atomic mass is 10.0. The topological polar surface area (TPSA) is 49.6 Å². The molecule has 0 unspecified atom stereocenters. The van der Waals surface area contributed by atoms with Gasteiger partial charge in [0.2, 0.25) is 0 Å². The molecule has 0 aliphatic carbocycles. The van der Waals surface area contributed by atoms with Gasteiger partial charge in [-0.15, -0.1) is 11.3 Å². The highest BCUT2D eigenvalue weighted by atomic mass is 32.1. The zero-order valence-electron chi connectivity index (χ0n) is 11.9. The van der Waals surface area contributed by atoms with Gasteiger partial charge >= 0.3 is 0 Å². The second kappa shape index (κ2) is 5.73. The van der Waals surface area contributed by atoms with Gasteiger partial charge in [0.25, 0.3) is 0 Å². The highest BCUT2D eigenvalue weighted by Gasteiger charge is 2.18. The van der Waals surface area contributed by atoms with Crippen LogP contribution in [0.3, 0.4) is 0 Å². The Morgan fingerprint density at radius 2 is 2.04 bits per heavy atom. The van der Waals surface area contributed by atoms with Crippen molar-refractivity contribution in [1.82, 2.24) is 10.4 Å². The van der Waals surface area contributed by atoms with E-state index in [2.05, 4.69) is 20.5 Å². The van der Waals surface area contributed by atoms with E-state index in [4.69, 9.17) is 0 Å². The summed E-state index contributed by atoms with van der Waals surface area (Å²) >= 11 is 1.56. The normalized spacial score (nSPS) is 13.4. The van der Waals surface area contributed by atoms with Crippen molar-refractivity contribution >= 4 is 28.6 Å². The largest absolute Gasteiger partial charge is 0.264 e. The summed E-state index contributed by atoms with van der Waals surface area (Å²) in [6.45, 7) is 0. The van der Waals surface area contributed by atoms with Crippen molar-refractivity contribution in [3.05, 3.63) is 82.1 Å². The number of benzene rings is 1. The van der Waals surface area contributed by atoms with Gasteiger partial charge in [-0.3, -0.25) is 10.4 Å². The first-order valence-corrected chi connectivity index (χ1v) is 7.86. The molecule has 112 valence electrons. The highest BCUT2D eigenvalue weighted by molar-refractivity contribution is 7.12. The second-order valence-corrected chi connectivity index (χ2v) is 5.86. The van der Waals surface area contributed by atoms with Crippen LogP contribution in [0.1, 0.15) is 16.0 Å². The summed E-state index contributed by atoms with van der Waals surface area (Å²) < 4.78 is 13.7. The molecule has 1 aliphatic rings. The maximum absolute atomic E-state index is 13.7. The SMILES string of the molecule is Fc1ccc2c(c1)C(c1cccnc1)=NNC(c1cccs1)=N2. The minimum atomic E-state index is -0.324. The van der Waals surface area contributed by atoms with Crippen molar-refractivity contribution in [2.24, 2.45) is 10.1 Å². The summed E-state index contributed by atoms with van der Waals surface area (Å²) in [5.74, 6) is 0.321. The molecule has 6 heteroatoms. The Morgan fingerprint density at radius 3 is 2.83 bits per heavy atom. The van der Waals surface area contributed by atoms with Crippen LogP contribution in [0.15, 0.2) is 70.3 Å². The summed E-state index contributed by atoms with van der Waals surface area (Å²) in [5.41, 5.74) is 5.72. The van der Waals surface area contributed by atoms with Gasteiger partial charge in [-0.25, -0.2) is 9.38 Å². The zero-order valence-corrected chi connectivity index (χ0v) is 12.7. The molecule has 1 aromatic carbocycles. The Bertz CT molecular complexity index is 902. The van der Waals surface area contributed by atoms with Crippen LogP contribution in [-0.4, -0.2) is 16.5 Å². The lowest BCUT2D eigenvalue weighted by molar-refractivity contribution is 0.627. The Labute approximate surface area is 136 Å². The smallest absolute Gasteiger partial charge is 0.164 e. The van der Waals surface area contributed by atoms with Crippen LogP contribution < -0.4 is 5.43 Å². The summed E-state index contributed by atoms with van der Waals surface area (Å²) in [6.07, 6.45) is 3.39. The first kappa shape index (κ1) is 13.8. The third-order valence-corrected chi connectivity index (χ3v) is 4.29. The first-order chi connectivity index (χ1) is 11.3. The van der Waals surface area contributed by atoms with E-state index in [1.54, 1.807) is 29.8 Å². The number of aromatic nitrogens is 1. The number of hydrogen-bond donors (Lipinski definition) is 1. The van der Waals surface area contributed by atoms with Gasteiger partial charge in [0.1, 0.15) is 11.5 Å². The van der Waals surface area contributed by atoms with Crippen LogP contribution in [0.5, 0.6) is 0 Å². The van der Waals surface area contributed by atoms with E-state index >= 15 is 0 Å². The molecule has 23 heavy (non-hydrogen) atoms. The van der Waals surface area contributed by atoms with Crippen LogP contribution >= 0.6 is 11.3 Å². The van der Waals surface area contributed by atoms with E-state index in [0.29, 0.717) is 22.8 Å². The molecule has 0 bridgehead atoms. The van der Waals surface area contributed by atoms with Crippen LogP contribution in [0.4, 0.5) is 10.1 Å². The molecular weight excluding hydrogens is 311 g/mol. The molecular formula is C17H11FN4S. The van der Waals surface area contributed by atoms with Gasteiger partial charge in [-0.1, -0.05) is 6.07 Å². The van der Waals surface area contributed by atoms with Crippen molar-refractivity contribution < 1.29 is 4.39 Å². The maximum atomic E-state index is 13.7. The van der Waals surface area contributed by atoms with Crippen molar-refractivity contribution in [2.45, 2.75) is 0 Å². The number of pyridine rings is 1. The molecule has 0 fully saturated rings. The summed E-state index contributed by atoms with van der Waals surface area (Å²) in [6, 6.07) is 12.1. The quantitative estimate of drug-likeness (QED) is 0.782. The van der Waals surface area contributed by atoms with Crippen LogP contribution in [0, 0.1) is 5.82 Å². The summed E-state index contributed by atoms with van der Waals surface area (Å²) in [4.78, 5) is 9.70. The number of rotatable bonds is 2. The van der Waals surface area contributed by atoms with E-state index in [1.165, 1.54) is 12.1 Å². The van der Waals surface area contributed by atoms with E-state index in [0.717, 1.165) is 10.4 Å². The van der Waals surface area contributed by atoms with E-state index < -0.39 is 0 Å². The monoisotopic (exact) mass is 322 g/mol. The molecule has 0 saturated carbocycles. The second-order valence-electron chi connectivity index (χ2n) is 4.91. The number of halogens is 1. The average Bonchev–Trinajstić information content (AvgIpc) is 3.05. The fraction of sp³-hybridized carbons (Fsp3) is 0. The van der Waals surface area contributed by atoms with Crippen LogP contribution in [0.2, 0.25) is 0 Å². The predicted octanol–water partition coefficient (Wildman–Crippen LogP) is 3.72. The Kier molecular flexibility index (Phi) is 3.44. The Morgan fingerprint density at radius 1 is 1.09 bits per heavy atom. The van der Waals surface area contributed by atoms with Gasteiger partial charge in [-0.2, -0.15) is 5.10 Å². The average molecular weight is 322 g/mol. The third kappa shape index (κ3) is 2.64. The lowest BCUT2D eigenvalue weighted by Gasteiger charge is -2.07. The van der Waals surface area contributed by atoms with Crippen molar-refractivity contribution in [3.63, 3.8) is 0 Å². The van der Waals surface area contributed by atoms with Crippen LogP contribution in [-0.2, 0) is 0 Å². The van der Waals surface area contributed by atoms with E-state index in [-0.39, 0.29) is 5.82 Å². The Hall–Kier alpha value is -2.86. The van der Waals surface area contributed by atoms with E-state index in [1.807, 2.05) is 29.6 Å². The highest BCUT2D eigenvalue weighted by Crippen LogP contribution is 2.27. The molecule has 3 aromatic rings. The fourth-order valence-electron chi connectivity index (χ4n) is 2.36. The fourth-order valence-corrected chi connectivity index (χ4v) is 3.02. The number of fused-ring (bicyclic) bond motifs is 1. The number of aliphatic imine (C=N–C) groups is 1. The zero-order chi connectivity index (χ0) is 15.6. The molecule has 1 aliphatic heterocycles. The van der Waals surface area contributed by atoms with Crippen LogP contribution in [0.25, 0.3) is 0 Å². The molecule has 3 heterocycles. The maximum Gasteiger partial charge on any atom is 0.164 e. The van der Waals surface area contributed by atoms with Gasteiger partial charge < -0.3 is 0 Å². The molecule has 0 saturated heterocycles. The van der Waals surface area contributed by atoms with Gasteiger partial charge in [-0.05, 0) is 41.8 Å². The predicted molar refractivity (Wildman–Crippen MR) is 89.9 cm³/mol. The standard InChI is InChI=1S/C17H11FN4S/c18-12-5-6-14-13(9-12)16(11-3-1-7-19-10-11)21-22-17(20-14)15-4-2-8-23-15/h1-10H,(H,20,22). The minimum absolute atomic E-state index is 0.324. The lowest BCUT2D eigenvalue weighted by Crippen LogP contribution is -2.18. The van der Waals surface area contributed by atoms with Crippen molar-refractivity contribution in [2.75, 3.05) is 0 Å². The third-order valence-electron chi connectivity index (χ3n) is 3.41. The number of nitrogens with one attached hydrogen (secondary N) is 1. The van der Waals surface area contributed by atoms with Gasteiger partial charge in [0.05, 0.1) is 10.6 Å².